The van der Waals surface area contributed by atoms with Gasteiger partial charge in [-0.05, 0) is 6.92 Å². The van der Waals surface area contributed by atoms with E-state index in [1.807, 2.05) is 18.2 Å². The Morgan fingerprint density at radius 2 is 1.37 bits per heavy atom. The van der Waals surface area contributed by atoms with Crippen molar-refractivity contribution in [2.45, 2.75) is 6.92 Å². The van der Waals surface area contributed by atoms with Crippen LogP contribution in [0.3, 0.4) is 0 Å². The molecule has 0 unspecified atom stereocenters. The van der Waals surface area contributed by atoms with Gasteiger partial charge in [-0.2, -0.15) is 0 Å². The molecule has 104 valence electrons. The summed E-state index contributed by atoms with van der Waals surface area (Å²) in [5, 5.41) is 0. The monoisotopic (exact) mass is 296 g/mol. The summed E-state index contributed by atoms with van der Waals surface area (Å²) in [5.41, 5.74) is 1.32. The molecule has 1 rings (SSSR count). The van der Waals surface area contributed by atoms with E-state index in [1.165, 1.54) is 5.56 Å². The van der Waals surface area contributed by atoms with Crippen LogP contribution < -0.4 is 0 Å². The van der Waals surface area contributed by atoms with Crippen LogP contribution in [0.1, 0.15) is 8.42 Å². The topological polar surface area (TPSA) is 36.9 Å². The average molecular weight is 296 g/mol. The van der Waals surface area contributed by atoms with Gasteiger partial charge in [-0.25, -0.2) is 0 Å². The molecule has 0 saturated heterocycles. The zero-order valence-corrected chi connectivity index (χ0v) is 13.0. The second-order valence-corrected chi connectivity index (χ2v) is 4.63. The molecule has 0 radical (unpaired) electrons. The fraction of sp³-hybridized carbons (Fsp3) is 0.538. The first-order valence-electron chi connectivity index (χ1n) is 5.96. The third-order valence-electron chi connectivity index (χ3n) is 1.97. The van der Waals surface area contributed by atoms with Gasteiger partial charge in [0, 0.05) is 27.4 Å². The molecule has 0 bridgehead atoms. The number of hydrogen-bond donors (Lipinski definition) is 0. The van der Waals surface area contributed by atoms with E-state index in [2.05, 4.69) is 19.1 Å². The van der Waals surface area contributed by atoms with Crippen molar-refractivity contribution in [3.63, 3.8) is 0 Å². The Labute approximate surface area is 148 Å². The summed E-state index contributed by atoms with van der Waals surface area (Å²) in [6.07, 6.45) is 0. The van der Waals surface area contributed by atoms with Gasteiger partial charge in [-0.3, -0.25) is 0 Å². The molecular weight excluding hydrogens is 270 g/mol. The van der Waals surface area contributed by atoms with E-state index in [9.17, 15) is 0 Å². The molecule has 0 amide bonds. The van der Waals surface area contributed by atoms with E-state index in [-0.39, 0.29) is 32.4 Å². The van der Waals surface area contributed by atoms with E-state index >= 15 is 0 Å². The zero-order chi connectivity index (χ0) is 13.5. The zero-order valence-electron chi connectivity index (χ0n) is 13.6. The SMILES string of the molecule is COCC[O][AlH][O]CCOC.Cc1ccccc1.[H+].[H+].[NaH]. The molecule has 0 spiro atoms. The van der Waals surface area contributed by atoms with Crippen LogP contribution in [0.5, 0.6) is 0 Å². The molecular formula is C13H26AlNaO4+2. The fourth-order valence-electron chi connectivity index (χ4n) is 0.996. The second-order valence-electron chi connectivity index (χ2n) is 3.57. The molecule has 0 fully saturated rings. The van der Waals surface area contributed by atoms with Crippen molar-refractivity contribution >= 4 is 45.4 Å². The van der Waals surface area contributed by atoms with E-state index in [0.717, 1.165) is 0 Å². The van der Waals surface area contributed by atoms with Crippen LogP contribution in [0, 0.1) is 6.92 Å². The summed E-state index contributed by atoms with van der Waals surface area (Å²) in [6.45, 7) is 4.63. The van der Waals surface area contributed by atoms with E-state index in [0.29, 0.717) is 26.4 Å². The average Bonchev–Trinajstić information content (AvgIpc) is 2.39. The van der Waals surface area contributed by atoms with Crippen LogP contribution in [0.25, 0.3) is 0 Å². The van der Waals surface area contributed by atoms with Crippen molar-refractivity contribution < 1.29 is 19.9 Å². The maximum absolute atomic E-state index is 5.16. The molecule has 0 atom stereocenters. The van der Waals surface area contributed by atoms with E-state index < -0.39 is 15.9 Å². The Hall–Kier alpha value is 0.592. The van der Waals surface area contributed by atoms with Crippen molar-refractivity contribution in [3.8, 4) is 0 Å². The van der Waals surface area contributed by atoms with Gasteiger partial charge in [0.05, 0.1) is 13.2 Å². The molecule has 0 heterocycles. The van der Waals surface area contributed by atoms with Crippen molar-refractivity contribution in [3.05, 3.63) is 35.9 Å². The summed E-state index contributed by atoms with van der Waals surface area (Å²) >= 11 is -0.789. The fourth-order valence-corrected chi connectivity index (χ4v) is 1.58. The minimum absolute atomic E-state index is 0. The summed E-state index contributed by atoms with van der Waals surface area (Å²) in [4.78, 5) is 0. The van der Waals surface area contributed by atoms with Gasteiger partial charge in [-0.15, -0.1) is 0 Å². The molecule has 0 N–H and O–H groups in total. The molecule has 0 aliphatic rings. The summed E-state index contributed by atoms with van der Waals surface area (Å²) in [5.74, 6) is 0. The van der Waals surface area contributed by atoms with Crippen LogP contribution in [0.15, 0.2) is 30.3 Å². The van der Waals surface area contributed by atoms with Crippen molar-refractivity contribution in [1.29, 1.82) is 0 Å². The predicted octanol–water partition coefficient (Wildman–Crippen LogP) is 1.15. The van der Waals surface area contributed by atoms with Crippen LogP contribution in [0.4, 0.5) is 0 Å². The normalized spacial score (nSPS) is 9.00. The Morgan fingerprint density at radius 1 is 0.895 bits per heavy atom. The molecule has 19 heavy (non-hydrogen) atoms. The van der Waals surface area contributed by atoms with Crippen LogP contribution in [-0.4, -0.2) is 86.1 Å². The molecule has 1 aromatic carbocycles. The molecule has 0 saturated carbocycles. The first-order valence-corrected chi connectivity index (χ1v) is 7.11. The molecule has 4 nitrogen and oxygen atoms in total. The predicted molar refractivity (Wildman–Crippen MR) is 83.4 cm³/mol. The van der Waals surface area contributed by atoms with Gasteiger partial charge >= 0.3 is 48.3 Å². The summed E-state index contributed by atoms with van der Waals surface area (Å²) < 4.78 is 19.9. The van der Waals surface area contributed by atoms with Crippen molar-refractivity contribution in [2.75, 3.05) is 40.6 Å². The van der Waals surface area contributed by atoms with E-state index in [4.69, 9.17) is 17.1 Å². The van der Waals surface area contributed by atoms with Gasteiger partial charge < -0.3 is 17.1 Å². The van der Waals surface area contributed by atoms with Gasteiger partial charge in [0.25, 0.3) is 0 Å². The molecule has 1 aromatic rings. The summed E-state index contributed by atoms with van der Waals surface area (Å²) in [7, 11) is 3.30. The van der Waals surface area contributed by atoms with Crippen LogP contribution in [0.2, 0.25) is 0 Å². The number of ether oxygens (including phenoxy) is 2. The van der Waals surface area contributed by atoms with Crippen LogP contribution in [-0.2, 0) is 17.1 Å². The number of aryl methyl sites for hydroxylation is 1. The number of rotatable bonds is 8. The third kappa shape index (κ3) is 18.6. The molecule has 0 aliphatic heterocycles. The Bertz CT molecular complexity index is 264. The molecule has 0 aliphatic carbocycles. The number of hydrogen-bond acceptors (Lipinski definition) is 4. The standard InChI is InChI=1S/C7H8.2C3H7O2.Al.Na.2H/c1-7-5-3-2-4-6-7;2*1-5-3-2-4;;;;/h2-6H,1H3;2*2-3H2,1H3;;;;/q;2*-1;+2;;;/p+2. The maximum atomic E-state index is 5.16. The van der Waals surface area contributed by atoms with Crippen molar-refractivity contribution in [1.82, 2.24) is 0 Å². The number of benzene rings is 1. The minimum atomic E-state index is -0.789. The second kappa shape index (κ2) is 18.6. The van der Waals surface area contributed by atoms with Gasteiger partial charge in [0.15, 0.2) is 0 Å². The molecule has 6 heteroatoms. The van der Waals surface area contributed by atoms with Gasteiger partial charge in [-0.1, -0.05) is 35.9 Å². The van der Waals surface area contributed by atoms with Crippen molar-refractivity contribution in [2.24, 2.45) is 0 Å². The third-order valence-corrected chi connectivity index (χ3v) is 2.88. The first kappa shape index (κ1) is 21.9. The Kier molecular flexibility index (Phi) is 21.4. The first-order chi connectivity index (χ1) is 8.81. The molecule has 0 aromatic heterocycles. The Morgan fingerprint density at radius 3 is 1.68 bits per heavy atom. The summed E-state index contributed by atoms with van der Waals surface area (Å²) in [6, 6.07) is 10.3. The van der Waals surface area contributed by atoms with Gasteiger partial charge in [0.2, 0.25) is 0 Å². The van der Waals surface area contributed by atoms with Gasteiger partial charge in [0.1, 0.15) is 0 Å². The van der Waals surface area contributed by atoms with Crippen LogP contribution >= 0.6 is 0 Å². The van der Waals surface area contributed by atoms with E-state index in [1.54, 1.807) is 14.2 Å². The number of methoxy groups -OCH3 is 2. The Balaban J connectivity index is -0.000000127. The quantitative estimate of drug-likeness (QED) is 0.533.